The van der Waals surface area contributed by atoms with Crippen molar-refractivity contribution < 1.29 is 14.3 Å². The van der Waals surface area contributed by atoms with Crippen LogP contribution in [0.25, 0.3) is 0 Å². The van der Waals surface area contributed by atoms with Crippen molar-refractivity contribution in [3.63, 3.8) is 0 Å². The van der Waals surface area contributed by atoms with E-state index in [0.29, 0.717) is 23.0 Å². The molecule has 5 nitrogen and oxygen atoms in total. The summed E-state index contributed by atoms with van der Waals surface area (Å²) in [4.78, 5) is 12.4. The first-order chi connectivity index (χ1) is 11.2. The van der Waals surface area contributed by atoms with Crippen LogP contribution in [0.5, 0.6) is 11.5 Å². The number of carbonyl (C=O) groups is 1. The molecule has 0 radical (unpaired) electrons. The Bertz CT molecular complexity index is 718. The monoisotopic (exact) mass is 328 g/mol. The summed E-state index contributed by atoms with van der Waals surface area (Å²) in [6, 6.07) is 8.88. The second kappa shape index (κ2) is 8.61. The standard InChI is InChI=1S/C17H16N2O3S/c1-3-9-22-14-8-7-13(11-15(14)21-4-2)12-18-19-17(20)16-6-5-10-23-16/h1,5-8,10-12H,4,9H2,2H3,(H,19,20)/b18-12-. The maximum atomic E-state index is 11.8. The van der Waals surface area contributed by atoms with Crippen LogP contribution in [0.1, 0.15) is 22.2 Å². The van der Waals surface area contributed by atoms with Crippen molar-refractivity contribution in [1.29, 1.82) is 0 Å². The molecule has 0 saturated heterocycles. The molecule has 0 bridgehead atoms. The summed E-state index contributed by atoms with van der Waals surface area (Å²) in [7, 11) is 0. The number of benzene rings is 1. The first kappa shape index (κ1) is 16.6. The molecule has 1 N–H and O–H groups in total. The van der Waals surface area contributed by atoms with Crippen LogP contribution in [0.2, 0.25) is 0 Å². The maximum absolute atomic E-state index is 11.8. The fraction of sp³-hybridized carbons (Fsp3) is 0.176. The third-order valence-electron chi connectivity index (χ3n) is 2.70. The summed E-state index contributed by atoms with van der Waals surface area (Å²) in [6.45, 7) is 2.56. The van der Waals surface area contributed by atoms with Crippen molar-refractivity contribution in [2.45, 2.75) is 6.92 Å². The van der Waals surface area contributed by atoms with Gasteiger partial charge in [-0.2, -0.15) is 5.10 Å². The molecule has 1 aromatic carbocycles. The van der Waals surface area contributed by atoms with Crippen LogP contribution in [0, 0.1) is 12.3 Å². The number of nitrogens with one attached hydrogen (secondary N) is 1. The third kappa shape index (κ3) is 4.87. The van der Waals surface area contributed by atoms with Gasteiger partial charge in [-0.15, -0.1) is 17.8 Å². The number of terminal acetylenes is 1. The van der Waals surface area contributed by atoms with Gasteiger partial charge in [0.15, 0.2) is 11.5 Å². The van der Waals surface area contributed by atoms with Crippen molar-refractivity contribution in [2.75, 3.05) is 13.2 Å². The smallest absolute Gasteiger partial charge is 0.281 e. The van der Waals surface area contributed by atoms with Crippen LogP contribution in [0.4, 0.5) is 0 Å². The highest BCUT2D eigenvalue weighted by molar-refractivity contribution is 7.12. The van der Waals surface area contributed by atoms with Gasteiger partial charge in [-0.3, -0.25) is 4.79 Å². The maximum Gasteiger partial charge on any atom is 0.281 e. The van der Waals surface area contributed by atoms with E-state index in [1.54, 1.807) is 30.5 Å². The van der Waals surface area contributed by atoms with Gasteiger partial charge in [-0.05, 0) is 42.1 Å². The molecule has 0 unspecified atom stereocenters. The Kier molecular flexibility index (Phi) is 6.21. The van der Waals surface area contributed by atoms with Gasteiger partial charge >= 0.3 is 0 Å². The van der Waals surface area contributed by atoms with Crippen LogP contribution >= 0.6 is 11.3 Å². The summed E-state index contributed by atoms with van der Waals surface area (Å²) in [6.07, 6.45) is 6.73. The predicted molar refractivity (Wildman–Crippen MR) is 91.3 cm³/mol. The Hall–Kier alpha value is -2.78. The number of nitrogens with zero attached hydrogens (tertiary/aromatic N) is 1. The first-order valence-electron chi connectivity index (χ1n) is 6.94. The molecule has 0 aliphatic heterocycles. The highest BCUT2D eigenvalue weighted by atomic mass is 32.1. The zero-order valence-corrected chi connectivity index (χ0v) is 13.4. The average Bonchev–Trinajstić information content (AvgIpc) is 3.09. The van der Waals surface area contributed by atoms with Gasteiger partial charge in [-0.25, -0.2) is 5.43 Å². The predicted octanol–water partition coefficient (Wildman–Crippen LogP) is 2.92. The van der Waals surface area contributed by atoms with Crippen LogP contribution in [0.3, 0.4) is 0 Å². The summed E-state index contributed by atoms with van der Waals surface area (Å²) >= 11 is 1.36. The molecular weight excluding hydrogens is 312 g/mol. The van der Waals surface area contributed by atoms with Gasteiger partial charge in [0.05, 0.1) is 17.7 Å². The average molecular weight is 328 g/mol. The van der Waals surface area contributed by atoms with Crippen molar-refractivity contribution in [3.8, 4) is 23.8 Å². The van der Waals surface area contributed by atoms with E-state index in [1.165, 1.54) is 11.3 Å². The van der Waals surface area contributed by atoms with Gasteiger partial charge < -0.3 is 9.47 Å². The minimum absolute atomic E-state index is 0.171. The SMILES string of the molecule is C#CCOc1ccc(/C=N\NC(=O)c2cccs2)cc1OCC. The summed E-state index contributed by atoms with van der Waals surface area (Å²) in [5, 5.41) is 5.78. The molecule has 0 saturated carbocycles. The van der Waals surface area contributed by atoms with Gasteiger partial charge in [0.25, 0.3) is 5.91 Å². The zero-order valence-electron chi connectivity index (χ0n) is 12.6. The Balaban J connectivity index is 2.04. The van der Waals surface area contributed by atoms with E-state index in [2.05, 4.69) is 16.4 Å². The molecule has 2 rings (SSSR count). The molecule has 1 amide bonds. The van der Waals surface area contributed by atoms with E-state index in [0.717, 1.165) is 5.56 Å². The fourth-order valence-electron chi connectivity index (χ4n) is 1.74. The van der Waals surface area contributed by atoms with Crippen LogP contribution in [-0.2, 0) is 0 Å². The van der Waals surface area contributed by atoms with Gasteiger partial charge in [0.2, 0.25) is 0 Å². The number of amides is 1. The van der Waals surface area contributed by atoms with E-state index in [1.807, 2.05) is 18.4 Å². The largest absolute Gasteiger partial charge is 0.490 e. The molecule has 2 aromatic rings. The quantitative estimate of drug-likeness (QED) is 0.483. The number of hydrazone groups is 1. The van der Waals surface area contributed by atoms with Crippen molar-refractivity contribution >= 4 is 23.5 Å². The van der Waals surface area contributed by atoms with E-state index in [-0.39, 0.29) is 12.5 Å². The third-order valence-corrected chi connectivity index (χ3v) is 3.57. The normalized spacial score (nSPS) is 10.3. The van der Waals surface area contributed by atoms with Crippen molar-refractivity contribution in [3.05, 3.63) is 46.2 Å². The number of hydrogen-bond donors (Lipinski definition) is 1. The van der Waals surface area contributed by atoms with Gasteiger partial charge in [-0.1, -0.05) is 12.0 Å². The Labute approximate surface area is 138 Å². The van der Waals surface area contributed by atoms with Gasteiger partial charge in [0, 0.05) is 0 Å². The van der Waals surface area contributed by atoms with Crippen LogP contribution < -0.4 is 14.9 Å². The minimum atomic E-state index is -0.241. The molecule has 1 heterocycles. The lowest BCUT2D eigenvalue weighted by Crippen LogP contribution is -2.16. The number of hydrogen-bond acceptors (Lipinski definition) is 5. The van der Waals surface area contributed by atoms with Crippen LogP contribution in [0.15, 0.2) is 40.8 Å². The van der Waals surface area contributed by atoms with E-state index in [9.17, 15) is 4.79 Å². The first-order valence-corrected chi connectivity index (χ1v) is 7.82. The highest BCUT2D eigenvalue weighted by Gasteiger charge is 2.06. The fourth-order valence-corrected chi connectivity index (χ4v) is 2.35. The van der Waals surface area contributed by atoms with Crippen molar-refractivity contribution in [2.24, 2.45) is 5.10 Å². The molecule has 1 aromatic heterocycles. The summed E-state index contributed by atoms with van der Waals surface area (Å²) in [5.74, 6) is 3.32. The topological polar surface area (TPSA) is 59.9 Å². The molecule has 0 aliphatic rings. The number of carbonyl (C=O) groups excluding carboxylic acids is 1. The van der Waals surface area contributed by atoms with Crippen LogP contribution in [-0.4, -0.2) is 25.3 Å². The molecule has 0 aliphatic carbocycles. The lowest BCUT2D eigenvalue weighted by Gasteiger charge is -2.10. The van der Waals surface area contributed by atoms with E-state index >= 15 is 0 Å². The molecule has 118 valence electrons. The van der Waals surface area contributed by atoms with E-state index < -0.39 is 0 Å². The number of thiophene rings is 1. The molecule has 23 heavy (non-hydrogen) atoms. The number of ether oxygens (including phenoxy) is 2. The second-order valence-electron chi connectivity index (χ2n) is 4.31. The Morgan fingerprint density at radius 1 is 1.39 bits per heavy atom. The zero-order chi connectivity index (χ0) is 16.5. The molecule has 0 spiro atoms. The summed E-state index contributed by atoms with van der Waals surface area (Å²) < 4.78 is 10.9. The molecule has 0 atom stereocenters. The Morgan fingerprint density at radius 2 is 2.26 bits per heavy atom. The Morgan fingerprint density at radius 3 is 2.96 bits per heavy atom. The molecule has 0 fully saturated rings. The minimum Gasteiger partial charge on any atom is -0.490 e. The lowest BCUT2D eigenvalue weighted by atomic mass is 10.2. The van der Waals surface area contributed by atoms with Crippen molar-refractivity contribution in [1.82, 2.24) is 5.43 Å². The van der Waals surface area contributed by atoms with Gasteiger partial charge in [0.1, 0.15) is 6.61 Å². The van der Waals surface area contributed by atoms with E-state index in [4.69, 9.17) is 15.9 Å². The highest BCUT2D eigenvalue weighted by Crippen LogP contribution is 2.27. The lowest BCUT2D eigenvalue weighted by molar-refractivity contribution is 0.0959. The second-order valence-corrected chi connectivity index (χ2v) is 5.26. The number of rotatable bonds is 7. The summed E-state index contributed by atoms with van der Waals surface area (Å²) in [5.41, 5.74) is 3.25. The molecule has 6 heteroatoms. The molecular formula is C17H16N2O3S.